The SMILES string of the molecule is CC1(c2ccccc2)Nc2cccc(C(=O)O)c2NC1=O. The summed E-state index contributed by atoms with van der Waals surface area (Å²) in [6.07, 6.45) is 0. The minimum absolute atomic E-state index is 0.0726. The average Bonchev–Trinajstić information content (AvgIpc) is 2.48. The molecule has 2 aromatic carbocycles. The molecule has 0 aromatic heterocycles. The van der Waals surface area contributed by atoms with Gasteiger partial charge in [-0.3, -0.25) is 4.79 Å². The zero-order chi connectivity index (χ0) is 15.0. The lowest BCUT2D eigenvalue weighted by Gasteiger charge is -2.36. The van der Waals surface area contributed by atoms with Crippen molar-refractivity contribution in [2.45, 2.75) is 12.5 Å². The molecule has 1 heterocycles. The highest BCUT2D eigenvalue weighted by atomic mass is 16.4. The number of fused-ring (bicyclic) bond motifs is 1. The highest BCUT2D eigenvalue weighted by Gasteiger charge is 2.40. The van der Waals surface area contributed by atoms with Crippen LogP contribution in [0.3, 0.4) is 0 Å². The molecular weight excluding hydrogens is 268 g/mol. The summed E-state index contributed by atoms with van der Waals surface area (Å²) in [7, 11) is 0. The van der Waals surface area contributed by atoms with Crippen LogP contribution < -0.4 is 10.6 Å². The Morgan fingerprint density at radius 2 is 1.81 bits per heavy atom. The van der Waals surface area contributed by atoms with Crippen LogP contribution in [0.25, 0.3) is 0 Å². The third-order valence-corrected chi connectivity index (χ3v) is 3.72. The summed E-state index contributed by atoms with van der Waals surface area (Å²) in [6.45, 7) is 1.77. The third-order valence-electron chi connectivity index (χ3n) is 3.72. The quantitative estimate of drug-likeness (QED) is 0.791. The summed E-state index contributed by atoms with van der Waals surface area (Å²) >= 11 is 0. The van der Waals surface area contributed by atoms with Gasteiger partial charge in [-0.15, -0.1) is 0 Å². The second-order valence-electron chi connectivity index (χ2n) is 5.10. The summed E-state index contributed by atoms with van der Waals surface area (Å²) in [5.41, 5.74) is 0.854. The van der Waals surface area contributed by atoms with Crippen molar-refractivity contribution in [3.05, 3.63) is 59.7 Å². The average molecular weight is 282 g/mol. The van der Waals surface area contributed by atoms with E-state index in [1.807, 2.05) is 30.3 Å². The van der Waals surface area contributed by atoms with Crippen molar-refractivity contribution in [2.75, 3.05) is 10.6 Å². The van der Waals surface area contributed by atoms with Crippen molar-refractivity contribution in [1.82, 2.24) is 0 Å². The molecule has 0 saturated carbocycles. The Labute approximate surface area is 121 Å². The molecule has 2 aromatic rings. The molecular formula is C16H14N2O3. The van der Waals surface area contributed by atoms with Crippen molar-refractivity contribution in [3.63, 3.8) is 0 Å². The molecule has 1 unspecified atom stereocenters. The Balaban J connectivity index is 2.10. The molecule has 0 fully saturated rings. The first-order valence-electron chi connectivity index (χ1n) is 6.54. The maximum absolute atomic E-state index is 12.5. The zero-order valence-electron chi connectivity index (χ0n) is 11.4. The molecule has 1 aliphatic heterocycles. The topological polar surface area (TPSA) is 78.4 Å². The van der Waals surface area contributed by atoms with Gasteiger partial charge in [0.2, 0.25) is 0 Å². The Kier molecular flexibility index (Phi) is 2.90. The van der Waals surface area contributed by atoms with E-state index in [-0.39, 0.29) is 11.5 Å². The number of hydrogen-bond donors (Lipinski definition) is 3. The molecule has 1 amide bonds. The molecule has 5 heteroatoms. The molecule has 106 valence electrons. The fourth-order valence-corrected chi connectivity index (χ4v) is 2.51. The van der Waals surface area contributed by atoms with E-state index in [9.17, 15) is 14.7 Å². The first-order valence-corrected chi connectivity index (χ1v) is 6.54. The predicted octanol–water partition coefficient (Wildman–Crippen LogP) is 2.66. The van der Waals surface area contributed by atoms with Crippen molar-refractivity contribution in [1.29, 1.82) is 0 Å². The van der Waals surface area contributed by atoms with Gasteiger partial charge in [-0.05, 0) is 24.6 Å². The maximum atomic E-state index is 12.5. The van der Waals surface area contributed by atoms with Crippen LogP contribution in [-0.4, -0.2) is 17.0 Å². The van der Waals surface area contributed by atoms with Crippen LogP contribution in [-0.2, 0) is 10.3 Å². The van der Waals surface area contributed by atoms with Gasteiger partial charge in [0.15, 0.2) is 0 Å². The maximum Gasteiger partial charge on any atom is 0.337 e. The van der Waals surface area contributed by atoms with Crippen molar-refractivity contribution in [3.8, 4) is 0 Å². The Morgan fingerprint density at radius 1 is 1.10 bits per heavy atom. The molecule has 0 saturated heterocycles. The summed E-state index contributed by atoms with van der Waals surface area (Å²) in [5, 5.41) is 15.1. The van der Waals surface area contributed by atoms with Crippen molar-refractivity contribution in [2.24, 2.45) is 0 Å². The number of anilines is 2. The standard InChI is InChI=1S/C16H14N2O3/c1-16(10-6-3-2-4-7-10)15(21)17-13-11(14(19)20)8-5-9-12(13)18-16/h2-9,18H,1H3,(H,17,21)(H,19,20). The highest BCUT2D eigenvalue weighted by Crippen LogP contribution is 2.38. The lowest BCUT2D eigenvalue weighted by atomic mass is 9.88. The first-order chi connectivity index (χ1) is 10.0. The van der Waals surface area contributed by atoms with Crippen LogP contribution in [0.1, 0.15) is 22.8 Å². The van der Waals surface area contributed by atoms with Gasteiger partial charge >= 0.3 is 5.97 Å². The van der Waals surface area contributed by atoms with Gasteiger partial charge < -0.3 is 15.7 Å². The number of carboxylic acids is 1. The Morgan fingerprint density at radius 3 is 2.48 bits per heavy atom. The van der Waals surface area contributed by atoms with Gasteiger partial charge in [0.25, 0.3) is 5.91 Å². The summed E-state index contributed by atoms with van der Waals surface area (Å²) in [4.78, 5) is 23.7. The number of amides is 1. The number of para-hydroxylation sites is 1. The predicted molar refractivity (Wildman–Crippen MR) is 79.4 cm³/mol. The molecule has 3 rings (SSSR count). The van der Waals surface area contributed by atoms with Gasteiger partial charge in [0.1, 0.15) is 5.54 Å². The van der Waals surface area contributed by atoms with E-state index in [0.717, 1.165) is 5.56 Å². The van der Waals surface area contributed by atoms with E-state index in [1.165, 1.54) is 6.07 Å². The third kappa shape index (κ3) is 2.03. The zero-order valence-corrected chi connectivity index (χ0v) is 11.4. The molecule has 21 heavy (non-hydrogen) atoms. The molecule has 1 atom stereocenters. The van der Waals surface area contributed by atoms with Crippen LogP contribution in [0.2, 0.25) is 0 Å². The second-order valence-corrected chi connectivity index (χ2v) is 5.10. The molecule has 0 bridgehead atoms. The number of carboxylic acid groups (broad SMARTS) is 1. The number of hydrogen-bond acceptors (Lipinski definition) is 3. The number of benzene rings is 2. The van der Waals surface area contributed by atoms with Gasteiger partial charge in [-0.1, -0.05) is 36.4 Å². The summed E-state index contributed by atoms with van der Waals surface area (Å²) in [5.74, 6) is -1.35. The first kappa shape index (κ1) is 13.2. The van der Waals surface area contributed by atoms with Crippen molar-refractivity contribution >= 4 is 23.3 Å². The van der Waals surface area contributed by atoms with Crippen LogP contribution >= 0.6 is 0 Å². The van der Waals surface area contributed by atoms with Gasteiger partial charge in [-0.2, -0.15) is 0 Å². The molecule has 0 spiro atoms. The van der Waals surface area contributed by atoms with Crippen LogP contribution in [0, 0.1) is 0 Å². The Hall–Kier alpha value is -2.82. The summed E-state index contributed by atoms with van der Waals surface area (Å²) < 4.78 is 0. The molecule has 0 aliphatic carbocycles. The summed E-state index contributed by atoms with van der Waals surface area (Å²) in [6, 6.07) is 14.2. The van der Waals surface area contributed by atoms with Crippen LogP contribution in [0.15, 0.2) is 48.5 Å². The second kappa shape index (κ2) is 4.63. The van der Waals surface area contributed by atoms with E-state index >= 15 is 0 Å². The van der Waals surface area contributed by atoms with E-state index in [2.05, 4.69) is 10.6 Å². The van der Waals surface area contributed by atoms with E-state index in [4.69, 9.17) is 0 Å². The van der Waals surface area contributed by atoms with Crippen molar-refractivity contribution < 1.29 is 14.7 Å². The minimum atomic E-state index is -1.07. The molecule has 5 nitrogen and oxygen atoms in total. The number of rotatable bonds is 2. The van der Waals surface area contributed by atoms with E-state index in [1.54, 1.807) is 19.1 Å². The monoisotopic (exact) mass is 282 g/mol. The number of aromatic carboxylic acids is 1. The van der Waals surface area contributed by atoms with Crippen LogP contribution in [0.5, 0.6) is 0 Å². The van der Waals surface area contributed by atoms with Gasteiger partial charge in [-0.25, -0.2) is 4.79 Å². The molecule has 3 N–H and O–H groups in total. The largest absolute Gasteiger partial charge is 0.478 e. The molecule has 0 radical (unpaired) electrons. The van der Waals surface area contributed by atoms with E-state index < -0.39 is 11.5 Å². The van der Waals surface area contributed by atoms with Gasteiger partial charge in [0.05, 0.1) is 16.9 Å². The van der Waals surface area contributed by atoms with Crippen LogP contribution in [0.4, 0.5) is 11.4 Å². The molecule has 1 aliphatic rings. The van der Waals surface area contributed by atoms with Gasteiger partial charge in [0, 0.05) is 0 Å². The fourth-order valence-electron chi connectivity index (χ4n) is 2.51. The van der Waals surface area contributed by atoms with E-state index in [0.29, 0.717) is 11.4 Å². The lowest BCUT2D eigenvalue weighted by molar-refractivity contribution is -0.120. The lowest BCUT2D eigenvalue weighted by Crippen LogP contribution is -2.47. The number of carbonyl (C=O) groups excluding carboxylic acids is 1. The fraction of sp³-hybridized carbons (Fsp3) is 0.125. The normalized spacial score (nSPS) is 20.1. The Bertz CT molecular complexity index is 728. The highest BCUT2D eigenvalue weighted by molar-refractivity contribution is 6.11. The number of carbonyl (C=O) groups is 2. The smallest absolute Gasteiger partial charge is 0.337 e. The minimum Gasteiger partial charge on any atom is -0.478 e. The number of nitrogens with one attached hydrogen (secondary N) is 2.